The maximum absolute atomic E-state index is 10.4. The molecule has 0 N–H and O–H groups in total. The third-order valence-corrected chi connectivity index (χ3v) is 3.54. The van der Waals surface area contributed by atoms with Gasteiger partial charge in [-0.3, -0.25) is 0 Å². The van der Waals surface area contributed by atoms with E-state index in [4.69, 9.17) is 9.47 Å². The number of hydrogen-bond donors (Lipinski definition) is 0. The molecule has 1 aliphatic rings. The molecule has 1 aliphatic carbocycles. The van der Waals surface area contributed by atoms with Crippen LogP contribution in [0.1, 0.15) is 18.4 Å². The van der Waals surface area contributed by atoms with Gasteiger partial charge in [-0.15, -0.1) is 0 Å². The van der Waals surface area contributed by atoms with Gasteiger partial charge in [-0.2, -0.15) is 4.99 Å². The van der Waals surface area contributed by atoms with Crippen LogP contribution >= 0.6 is 15.9 Å². The Labute approximate surface area is 108 Å². The number of isocyanates is 1. The molecular weight excluding hydrogens is 286 g/mol. The Kier molecular flexibility index (Phi) is 3.22. The zero-order valence-electron chi connectivity index (χ0n) is 9.62. The molecule has 0 radical (unpaired) electrons. The van der Waals surface area contributed by atoms with Crippen LogP contribution in [0, 0.1) is 0 Å². The number of carbonyl (C=O) groups excluding carboxylic acids is 1. The fraction of sp³-hybridized carbons (Fsp3) is 0.417. The second-order valence-corrected chi connectivity index (χ2v) is 4.78. The summed E-state index contributed by atoms with van der Waals surface area (Å²) in [6.45, 7) is 0. The number of methoxy groups -OCH3 is 2. The van der Waals surface area contributed by atoms with E-state index in [1.165, 1.54) is 0 Å². The van der Waals surface area contributed by atoms with E-state index < -0.39 is 5.54 Å². The van der Waals surface area contributed by atoms with Gasteiger partial charge in [0, 0.05) is 0 Å². The van der Waals surface area contributed by atoms with Gasteiger partial charge in [-0.1, -0.05) is 0 Å². The average molecular weight is 298 g/mol. The maximum atomic E-state index is 10.4. The molecule has 0 unspecified atom stereocenters. The zero-order valence-corrected chi connectivity index (χ0v) is 11.2. The highest BCUT2D eigenvalue weighted by Crippen LogP contribution is 2.52. The molecule has 1 aromatic carbocycles. The largest absolute Gasteiger partial charge is 0.493 e. The molecule has 5 heteroatoms. The third kappa shape index (κ3) is 2.08. The van der Waals surface area contributed by atoms with E-state index in [-0.39, 0.29) is 0 Å². The minimum atomic E-state index is -0.399. The van der Waals surface area contributed by atoms with Crippen LogP contribution in [0.15, 0.2) is 21.6 Å². The second kappa shape index (κ2) is 4.51. The van der Waals surface area contributed by atoms with Crippen molar-refractivity contribution in [2.24, 2.45) is 4.99 Å². The van der Waals surface area contributed by atoms with E-state index in [0.717, 1.165) is 22.9 Å². The van der Waals surface area contributed by atoms with Crippen molar-refractivity contribution in [2.45, 2.75) is 18.4 Å². The third-order valence-electron chi connectivity index (χ3n) is 2.95. The predicted molar refractivity (Wildman–Crippen MR) is 66.3 cm³/mol. The molecule has 0 saturated heterocycles. The molecule has 0 aliphatic heterocycles. The van der Waals surface area contributed by atoms with Crippen LogP contribution < -0.4 is 9.47 Å². The lowest BCUT2D eigenvalue weighted by molar-refractivity contribution is 0.352. The number of ether oxygens (including phenoxy) is 2. The first kappa shape index (κ1) is 12.1. The molecule has 0 aromatic heterocycles. The summed E-state index contributed by atoms with van der Waals surface area (Å²) in [5, 5.41) is 0. The van der Waals surface area contributed by atoms with Crippen LogP contribution in [-0.2, 0) is 10.3 Å². The van der Waals surface area contributed by atoms with E-state index >= 15 is 0 Å². The molecule has 17 heavy (non-hydrogen) atoms. The monoisotopic (exact) mass is 297 g/mol. The number of halogens is 1. The summed E-state index contributed by atoms with van der Waals surface area (Å²) in [6.07, 6.45) is 3.37. The highest BCUT2D eigenvalue weighted by molar-refractivity contribution is 9.10. The first-order valence-electron chi connectivity index (χ1n) is 5.18. The molecule has 0 heterocycles. The quantitative estimate of drug-likeness (QED) is 0.634. The van der Waals surface area contributed by atoms with Gasteiger partial charge in [-0.25, -0.2) is 4.79 Å². The van der Waals surface area contributed by atoms with Crippen LogP contribution in [-0.4, -0.2) is 20.3 Å². The highest BCUT2D eigenvalue weighted by Gasteiger charge is 2.45. The van der Waals surface area contributed by atoms with Gasteiger partial charge in [-0.05, 0) is 46.5 Å². The van der Waals surface area contributed by atoms with Gasteiger partial charge < -0.3 is 9.47 Å². The van der Waals surface area contributed by atoms with Crippen LogP contribution in [0.5, 0.6) is 11.5 Å². The van der Waals surface area contributed by atoms with Gasteiger partial charge in [0.25, 0.3) is 0 Å². The summed E-state index contributed by atoms with van der Waals surface area (Å²) in [6, 6.07) is 3.77. The molecular formula is C12H12BrNO3. The molecule has 0 bridgehead atoms. The van der Waals surface area contributed by atoms with Crippen molar-refractivity contribution in [3.8, 4) is 11.5 Å². The minimum absolute atomic E-state index is 0.399. The summed E-state index contributed by atoms with van der Waals surface area (Å²) in [4.78, 5) is 14.3. The Morgan fingerprint density at radius 3 is 2.53 bits per heavy atom. The van der Waals surface area contributed by atoms with E-state index in [1.54, 1.807) is 20.3 Å². The summed E-state index contributed by atoms with van der Waals surface area (Å²) in [5.41, 5.74) is 0.550. The molecule has 1 saturated carbocycles. The van der Waals surface area contributed by atoms with Crippen molar-refractivity contribution >= 4 is 22.0 Å². The van der Waals surface area contributed by atoms with Crippen molar-refractivity contribution in [3.05, 3.63) is 22.2 Å². The summed E-state index contributed by atoms with van der Waals surface area (Å²) >= 11 is 3.43. The van der Waals surface area contributed by atoms with E-state index in [0.29, 0.717) is 11.5 Å². The van der Waals surface area contributed by atoms with Crippen molar-refractivity contribution in [2.75, 3.05) is 14.2 Å². The molecule has 1 aromatic rings. The highest BCUT2D eigenvalue weighted by atomic mass is 79.9. The standard InChI is InChI=1S/C12H12BrNO3/c1-16-10-6-8(5-9(13)11(10)17-2)12(3-4-12)14-7-15/h5-6H,3-4H2,1-2H3. The molecule has 2 rings (SSSR count). The molecule has 0 spiro atoms. The fourth-order valence-corrected chi connectivity index (χ4v) is 2.46. The van der Waals surface area contributed by atoms with Crippen LogP contribution in [0.4, 0.5) is 0 Å². The lowest BCUT2D eigenvalue weighted by Crippen LogP contribution is -2.04. The lowest BCUT2D eigenvalue weighted by atomic mass is 10.0. The summed E-state index contributed by atoms with van der Waals surface area (Å²) in [5.74, 6) is 1.27. The van der Waals surface area contributed by atoms with Gasteiger partial charge in [0.2, 0.25) is 6.08 Å². The number of aliphatic imine (C=N–C) groups is 1. The van der Waals surface area contributed by atoms with Crippen molar-refractivity contribution in [1.29, 1.82) is 0 Å². The van der Waals surface area contributed by atoms with Crippen molar-refractivity contribution < 1.29 is 14.3 Å². The Balaban J connectivity index is 2.51. The maximum Gasteiger partial charge on any atom is 0.235 e. The van der Waals surface area contributed by atoms with Gasteiger partial charge in [0.1, 0.15) is 0 Å². The number of benzene rings is 1. The Bertz CT molecular complexity index is 491. The van der Waals surface area contributed by atoms with Crippen LogP contribution in [0.25, 0.3) is 0 Å². The predicted octanol–water partition coefficient (Wildman–Crippen LogP) is 2.79. The minimum Gasteiger partial charge on any atom is -0.493 e. The zero-order chi connectivity index (χ0) is 12.5. The molecule has 90 valence electrons. The number of rotatable bonds is 4. The summed E-state index contributed by atoms with van der Waals surface area (Å²) in [7, 11) is 3.16. The molecule has 1 fully saturated rings. The second-order valence-electron chi connectivity index (χ2n) is 3.93. The molecule has 0 atom stereocenters. The Morgan fingerprint density at radius 2 is 2.06 bits per heavy atom. The van der Waals surface area contributed by atoms with Crippen LogP contribution in [0.3, 0.4) is 0 Å². The van der Waals surface area contributed by atoms with Gasteiger partial charge in [0.05, 0.1) is 24.2 Å². The van der Waals surface area contributed by atoms with E-state index in [2.05, 4.69) is 20.9 Å². The van der Waals surface area contributed by atoms with Crippen LogP contribution in [0.2, 0.25) is 0 Å². The van der Waals surface area contributed by atoms with Crippen molar-refractivity contribution in [3.63, 3.8) is 0 Å². The first-order valence-corrected chi connectivity index (χ1v) is 5.97. The van der Waals surface area contributed by atoms with E-state index in [9.17, 15) is 4.79 Å². The lowest BCUT2D eigenvalue weighted by Gasteiger charge is -2.14. The van der Waals surface area contributed by atoms with E-state index in [1.807, 2.05) is 12.1 Å². The smallest absolute Gasteiger partial charge is 0.235 e. The SMILES string of the molecule is COc1cc(C2(N=C=O)CC2)cc(Br)c1OC. The Hall–Kier alpha value is -1.32. The topological polar surface area (TPSA) is 47.9 Å². The van der Waals surface area contributed by atoms with Gasteiger partial charge >= 0.3 is 0 Å². The van der Waals surface area contributed by atoms with Crippen molar-refractivity contribution in [1.82, 2.24) is 0 Å². The molecule has 4 nitrogen and oxygen atoms in total. The molecule has 0 amide bonds. The average Bonchev–Trinajstić information content (AvgIpc) is 3.09. The summed E-state index contributed by atoms with van der Waals surface area (Å²) < 4.78 is 11.3. The normalized spacial score (nSPS) is 15.9. The first-order chi connectivity index (χ1) is 8.16. The number of nitrogens with zero attached hydrogens (tertiary/aromatic N) is 1. The van der Waals surface area contributed by atoms with Gasteiger partial charge in [0.15, 0.2) is 11.5 Å². The Morgan fingerprint density at radius 1 is 1.35 bits per heavy atom. The number of hydrogen-bond acceptors (Lipinski definition) is 4. The fourth-order valence-electron chi connectivity index (χ4n) is 1.86.